The van der Waals surface area contributed by atoms with Crippen LogP contribution >= 0.6 is 11.8 Å². The highest BCUT2D eigenvalue weighted by atomic mass is 32.2. The standard InChI is InChI=1S/C23H34N4O4S2/c1-5-27-21-7-6-19(33(29,30)26-8-10-31-11-9-26)13-20(21)24-23(27)32-18(4)22(28)25-14-16(2)12-17(3)15-25/h6-7,13,16-18H,5,8-12,14-15H2,1-4H3. The predicted octanol–water partition coefficient (Wildman–Crippen LogP) is 3.06. The molecule has 3 heterocycles. The molecular weight excluding hydrogens is 460 g/mol. The molecule has 10 heteroatoms. The quantitative estimate of drug-likeness (QED) is 0.574. The van der Waals surface area contributed by atoms with Crippen molar-refractivity contribution in [1.82, 2.24) is 18.8 Å². The number of likely N-dealkylation sites (tertiary alicyclic amines) is 1. The first-order chi connectivity index (χ1) is 15.7. The number of hydrogen-bond donors (Lipinski definition) is 0. The number of morpholine rings is 1. The van der Waals surface area contributed by atoms with E-state index < -0.39 is 10.0 Å². The van der Waals surface area contributed by atoms with Gasteiger partial charge in [0.2, 0.25) is 15.9 Å². The number of carbonyl (C=O) groups excluding carboxylic acids is 1. The number of aryl methyl sites for hydroxylation is 1. The lowest BCUT2D eigenvalue weighted by molar-refractivity contribution is -0.132. The third-order valence-electron chi connectivity index (χ3n) is 6.42. The lowest BCUT2D eigenvalue weighted by Gasteiger charge is -2.36. The van der Waals surface area contributed by atoms with Gasteiger partial charge < -0.3 is 14.2 Å². The highest BCUT2D eigenvalue weighted by molar-refractivity contribution is 8.00. The molecule has 0 spiro atoms. The second-order valence-corrected chi connectivity index (χ2v) is 12.5. The molecule has 4 rings (SSSR count). The molecule has 3 atom stereocenters. The number of piperidine rings is 1. The van der Waals surface area contributed by atoms with E-state index >= 15 is 0 Å². The van der Waals surface area contributed by atoms with Gasteiger partial charge in [0.1, 0.15) is 0 Å². The zero-order valence-corrected chi connectivity index (χ0v) is 21.5. The molecule has 1 amide bonds. The van der Waals surface area contributed by atoms with E-state index in [4.69, 9.17) is 9.72 Å². The molecule has 1 aromatic carbocycles. The summed E-state index contributed by atoms with van der Waals surface area (Å²) < 4.78 is 34.9. The normalized spacial score (nSPS) is 23.7. The summed E-state index contributed by atoms with van der Waals surface area (Å²) in [5.74, 6) is 1.17. The van der Waals surface area contributed by atoms with Gasteiger partial charge in [-0.05, 0) is 50.3 Å². The second kappa shape index (κ2) is 9.93. The second-order valence-electron chi connectivity index (χ2n) is 9.25. The van der Waals surface area contributed by atoms with Gasteiger partial charge in [-0.1, -0.05) is 25.6 Å². The van der Waals surface area contributed by atoms with Crippen molar-refractivity contribution in [2.45, 2.75) is 56.0 Å². The molecule has 0 saturated carbocycles. The first kappa shape index (κ1) is 24.5. The Morgan fingerprint density at radius 3 is 2.52 bits per heavy atom. The number of aromatic nitrogens is 2. The van der Waals surface area contributed by atoms with E-state index in [9.17, 15) is 13.2 Å². The minimum atomic E-state index is -3.59. The number of amides is 1. The summed E-state index contributed by atoms with van der Waals surface area (Å²) in [6.07, 6.45) is 1.16. The van der Waals surface area contributed by atoms with Gasteiger partial charge in [0.25, 0.3) is 0 Å². The number of hydrogen-bond acceptors (Lipinski definition) is 6. The predicted molar refractivity (Wildman–Crippen MR) is 130 cm³/mol. The van der Waals surface area contributed by atoms with E-state index in [2.05, 4.69) is 18.4 Å². The summed E-state index contributed by atoms with van der Waals surface area (Å²) in [5, 5.41) is 0.480. The lowest BCUT2D eigenvalue weighted by Crippen LogP contribution is -2.45. The number of rotatable bonds is 6. The molecule has 2 aromatic rings. The minimum Gasteiger partial charge on any atom is -0.379 e. The fourth-order valence-electron chi connectivity index (χ4n) is 4.89. The molecule has 182 valence electrons. The number of carbonyl (C=O) groups is 1. The van der Waals surface area contributed by atoms with Crippen LogP contribution in [0, 0.1) is 11.8 Å². The topological polar surface area (TPSA) is 84.7 Å². The molecule has 1 aromatic heterocycles. The molecule has 2 aliphatic heterocycles. The highest BCUT2D eigenvalue weighted by Gasteiger charge is 2.30. The van der Waals surface area contributed by atoms with E-state index in [0.29, 0.717) is 50.2 Å². The van der Waals surface area contributed by atoms with Crippen molar-refractivity contribution in [3.63, 3.8) is 0 Å². The van der Waals surface area contributed by atoms with Gasteiger partial charge in [0.15, 0.2) is 5.16 Å². The molecule has 0 radical (unpaired) electrons. The molecule has 2 saturated heterocycles. The first-order valence-corrected chi connectivity index (χ1v) is 14.1. The third-order valence-corrected chi connectivity index (χ3v) is 9.39. The maximum atomic E-state index is 13.1. The van der Waals surface area contributed by atoms with Crippen molar-refractivity contribution >= 4 is 38.7 Å². The number of benzene rings is 1. The number of thioether (sulfide) groups is 1. The monoisotopic (exact) mass is 494 g/mol. The lowest BCUT2D eigenvalue weighted by atomic mass is 9.92. The third kappa shape index (κ3) is 5.08. The number of ether oxygens (including phenoxy) is 1. The van der Waals surface area contributed by atoms with Crippen molar-refractivity contribution in [3.05, 3.63) is 18.2 Å². The first-order valence-electron chi connectivity index (χ1n) is 11.7. The van der Waals surface area contributed by atoms with Crippen molar-refractivity contribution < 1.29 is 17.9 Å². The molecule has 33 heavy (non-hydrogen) atoms. The molecule has 0 N–H and O–H groups in total. The molecular formula is C23H34N4O4S2. The van der Waals surface area contributed by atoms with E-state index in [1.54, 1.807) is 12.1 Å². The molecule has 0 aliphatic carbocycles. The van der Waals surface area contributed by atoms with Crippen molar-refractivity contribution in [1.29, 1.82) is 0 Å². The summed E-state index contributed by atoms with van der Waals surface area (Å²) >= 11 is 1.45. The average Bonchev–Trinajstić information content (AvgIpc) is 3.14. The van der Waals surface area contributed by atoms with Gasteiger partial charge in [0, 0.05) is 32.7 Å². The average molecular weight is 495 g/mol. The maximum absolute atomic E-state index is 13.1. The smallest absolute Gasteiger partial charge is 0.243 e. The zero-order chi connectivity index (χ0) is 23.8. The summed E-state index contributed by atoms with van der Waals surface area (Å²) in [7, 11) is -3.59. The van der Waals surface area contributed by atoms with Gasteiger partial charge in [-0.15, -0.1) is 0 Å². The van der Waals surface area contributed by atoms with Crippen LogP contribution in [-0.4, -0.2) is 77.7 Å². The van der Waals surface area contributed by atoms with Crippen LogP contribution in [0.5, 0.6) is 0 Å². The Bertz CT molecular complexity index is 1100. The fourth-order valence-corrected chi connectivity index (χ4v) is 7.39. The van der Waals surface area contributed by atoms with Gasteiger partial charge in [-0.25, -0.2) is 13.4 Å². The fraction of sp³-hybridized carbons (Fsp3) is 0.652. The summed E-state index contributed by atoms with van der Waals surface area (Å²) in [5.41, 5.74) is 1.51. The minimum absolute atomic E-state index is 0.142. The maximum Gasteiger partial charge on any atom is 0.243 e. The van der Waals surface area contributed by atoms with Crippen molar-refractivity contribution in [2.75, 3.05) is 39.4 Å². The summed E-state index contributed by atoms with van der Waals surface area (Å²) in [4.78, 5) is 20.1. The van der Waals surface area contributed by atoms with Crippen LogP contribution in [0.1, 0.15) is 34.1 Å². The van der Waals surface area contributed by atoms with Crippen LogP contribution in [0.3, 0.4) is 0 Å². The summed E-state index contributed by atoms with van der Waals surface area (Å²) in [6.45, 7) is 12.2. The largest absolute Gasteiger partial charge is 0.379 e. The molecule has 2 aliphatic rings. The van der Waals surface area contributed by atoms with E-state index in [0.717, 1.165) is 30.2 Å². The Morgan fingerprint density at radius 2 is 1.88 bits per heavy atom. The van der Waals surface area contributed by atoms with Crippen molar-refractivity contribution in [2.24, 2.45) is 11.8 Å². The molecule has 0 bridgehead atoms. The number of nitrogens with zero attached hydrogens (tertiary/aromatic N) is 4. The Morgan fingerprint density at radius 1 is 1.21 bits per heavy atom. The van der Waals surface area contributed by atoms with Crippen LogP contribution in [0.25, 0.3) is 11.0 Å². The van der Waals surface area contributed by atoms with E-state index in [1.807, 2.05) is 24.8 Å². The Balaban J connectivity index is 1.57. The highest BCUT2D eigenvalue weighted by Crippen LogP contribution is 2.31. The van der Waals surface area contributed by atoms with Crippen LogP contribution in [0.15, 0.2) is 28.3 Å². The van der Waals surface area contributed by atoms with Crippen molar-refractivity contribution in [3.8, 4) is 0 Å². The van der Waals surface area contributed by atoms with E-state index in [1.165, 1.54) is 16.1 Å². The van der Waals surface area contributed by atoms with Gasteiger partial charge in [-0.3, -0.25) is 4.79 Å². The van der Waals surface area contributed by atoms with Crippen LogP contribution in [0.2, 0.25) is 0 Å². The Labute approximate surface area is 200 Å². The number of imidazole rings is 1. The Kier molecular flexibility index (Phi) is 7.38. The van der Waals surface area contributed by atoms with Gasteiger partial charge in [0.05, 0.1) is 34.4 Å². The van der Waals surface area contributed by atoms with Gasteiger partial charge in [-0.2, -0.15) is 4.31 Å². The van der Waals surface area contributed by atoms with Gasteiger partial charge >= 0.3 is 0 Å². The van der Waals surface area contributed by atoms with Crippen LogP contribution < -0.4 is 0 Å². The zero-order valence-electron chi connectivity index (χ0n) is 19.9. The summed E-state index contributed by atoms with van der Waals surface area (Å²) in [6, 6.07) is 5.13. The van der Waals surface area contributed by atoms with Crippen LogP contribution in [0.4, 0.5) is 0 Å². The number of fused-ring (bicyclic) bond motifs is 1. The number of sulfonamides is 1. The molecule has 3 unspecified atom stereocenters. The van der Waals surface area contributed by atoms with Crippen LogP contribution in [-0.2, 0) is 26.1 Å². The molecule has 8 nitrogen and oxygen atoms in total. The Hall–Kier alpha value is -1.62. The molecule has 2 fully saturated rings. The van der Waals surface area contributed by atoms with E-state index in [-0.39, 0.29) is 16.1 Å². The SMILES string of the molecule is CCn1c(SC(C)C(=O)N2CC(C)CC(C)C2)nc2cc(S(=O)(=O)N3CCOCC3)ccc21.